The number of hydrogen-bond acceptors (Lipinski definition) is 6. The van der Waals surface area contributed by atoms with Gasteiger partial charge in [-0.05, 0) is 31.4 Å². The second-order valence-electron chi connectivity index (χ2n) is 7.99. The van der Waals surface area contributed by atoms with E-state index in [9.17, 15) is 9.59 Å². The second kappa shape index (κ2) is 7.85. The van der Waals surface area contributed by atoms with Crippen LogP contribution in [0.15, 0.2) is 34.7 Å². The van der Waals surface area contributed by atoms with E-state index in [1.165, 1.54) is 11.3 Å². The molecule has 7 nitrogen and oxygen atoms in total. The third kappa shape index (κ3) is 3.61. The number of thiazole rings is 1. The number of furan rings is 1. The highest BCUT2D eigenvalue weighted by Crippen LogP contribution is 2.36. The van der Waals surface area contributed by atoms with Gasteiger partial charge >= 0.3 is 0 Å². The topological polar surface area (TPSA) is 92.7 Å². The summed E-state index contributed by atoms with van der Waals surface area (Å²) in [5.74, 6) is 0.315. The molecule has 0 spiro atoms. The van der Waals surface area contributed by atoms with Gasteiger partial charge in [0, 0.05) is 36.4 Å². The van der Waals surface area contributed by atoms with Crippen molar-refractivity contribution in [3.63, 3.8) is 0 Å². The van der Waals surface area contributed by atoms with Crippen LogP contribution in [0.5, 0.6) is 0 Å². The lowest BCUT2D eigenvalue weighted by molar-refractivity contribution is -0.135. The average Bonchev–Trinajstić information content (AvgIpc) is 3.37. The molecular weight excluding hydrogens is 400 g/mol. The van der Waals surface area contributed by atoms with Gasteiger partial charge in [-0.3, -0.25) is 14.5 Å². The number of aryl methyl sites for hydroxylation is 1. The fourth-order valence-corrected chi connectivity index (χ4v) is 5.46. The van der Waals surface area contributed by atoms with Crippen LogP contribution in [0.2, 0.25) is 0 Å². The molecule has 2 N–H and O–H groups in total. The molecule has 156 valence electrons. The van der Waals surface area contributed by atoms with E-state index in [1.807, 2.05) is 23.1 Å². The maximum absolute atomic E-state index is 13.2. The number of amides is 2. The van der Waals surface area contributed by atoms with Gasteiger partial charge in [-0.1, -0.05) is 18.2 Å². The first kappa shape index (κ1) is 19.3. The third-order valence-electron chi connectivity index (χ3n) is 6.00. The molecule has 2 aromatic heterocycles. The van der Waals surface area contributed by atoms with Crippen LogP contribution >= 0.6 is 11.3 Å². The van der Waals surface area contributed by atoms with Gasteiger partial charge in [-0.15, -0.1) is 11.3 Å². The summed E-state index contributed by atoms with van der Waals surface area (Å²) in [6, 6.07) is 10.1. The molecule has 1 fully saturated rings. The van der Waals surface area contributed by atoms with Crippen molar-refractivity contribution >= 4 is 34.1 Å². The molecule has 8 heteroatoms. The average molecular weight is 425 g/mol. The number of hydrogen-bond donors (Lipinski definition) is 1. The number of benzene rings is 1. The van der Waals surface area contributed by atoms with Crippen LogP contribution in [-0.2, 0) is 17.8 Å². The highest BCUT2D eigenvalue weighted by Gasteiger charge is 2.34. The van der Waals surface area contributed by atoms with Gasteiger partial charge in [-0.25, -0.2) is 4.98 Å². The minimum Gasteiger partial charge on any atom is -0.460 e. The van der Waals surface area contributed by atoms with E-state index >= 15 is 0 Å². The highest BCUT2D eigenvalue weighted by atomic mass is 32.1. The largest absolute Gasteiger partial charge is 0.460 e. The number of rotatable bonds is 4. The lowest BCUT2D eigenvalue weighted by Gasteiger charge is -2.36. The molecule has 1 unspecified atom stereocenters. The molecule has 3 aromatic rings. The van der Waals surface area contributed by atoms with Crippen LogP contribution in [0.1, 0.15) is 44.9 Å². The SMILES string of the molecule is NC(=O)c1nc2c(s1)CCCC2C(=O)N1CCN(Cc2cc3ccccc3o2)CC1. The number of piperazine rings is 1. The smallest absolute Gasteiger partial charge is 0.277 e. The molecule has 3 heterocycles. The first-order valence-corrected chi connectivity index (χ1v) is 11.2. The quantitative estimate of drug-likeness (QED) is 0.695. The molecule has 2 aliphatic rings. The zero-order chi connectivity index (χ0) is 20.7. The van der Waals surface area contributed by atoms with Crippen LogP contribution in [0.3, 0.4) is 0 Å². The summed E-state index contributed by atoms with van der Waals surface area (Å²) in [7, 11) is 0. The summed E-state index contributed by atoms with van der Waals surface area (Å²) >= 11 is 1.34. The number of nitrogens with two attached hydrogens (primary N) is 1. The summed E-state index contributed by atoms with van der Waals surface area (Å²) in [5.41, 5.74) is 7.08. The number of carbonyl (C=O) groups excluding carboxylic acids is 2. The molecule has 0 saturated carbocycles. The Bertz CT molecular complexity index is 1060. The van der Waals surface area contributed by atoms with Crippen molar-refractivity contribution < 1.29 is 14.0 Å². The molecule has 1 saturated heterocycles. The van der Waals surface area contributed by atoms with E-state index in [1.54, 1.807) is 0 Å². The van der Waals surface area contributed by atoms with Crippen LogP contribution in [0.4, 0.5) is 0 Å². The van der Waals surface area contributed by atoms with E-state index in [2.05, 4.69) is 22.0 Å². The highest BCUT2D eigenvalue weighted by molar-refractivity contribution is 7.13. The monoisotopic (exact) mass is 424 g/mol. The van der Waals surface area contributed by atoms with Gasteiger partial charge in [-0.2, -0.15) is 0 Å². The van der Waals surface area contributed by atoms with E-state index in [4.69, 9.17) is 10.2 Å². The van der Waals surface area contributed by atoms with Crippen molar-refractivity contribution in [1.29, 1.82) is 0 Å². The van der Waals surface area contributed by atoms with Crippen molar-refractivity contribution in [2.45, 2.75) is 31.7 Å². The maximum Gasteiger partial charge on any atom is 0.277 e. The van der Waals surface area contributed by atoms with E-state index in [0.29, 0.717) is 18.1 Å². The van der Waals surface area contributed by atoms with Crippen LogP contribution in [0.25, 0.3) is 11.0 Å². The Morgan fingerprint density at radius 2 is 2.00 bits per heavy atom. The number of carbonyl (C=O) groups is 2. The van der Waals surface area contributed by atoms with Crippen molar-refractivity contribution in [2.75, 3.05) is 26.2 Å². The predicted octanol–water partition coefficient (Wildman–Crippen LogP) is 2.75. The maximum atomic E-state index is 13.2. The Kier molecular flexibility index (Phi) is 5.04. The summed E-state index contributed by atoms with van der Waals surface area (Å²) in [4.78, 5) is 34.4. The lowest BCUT2D eigenvalue weighted by atomic mass is 9.89. The number of aromatic nitrogens is 1. The van der Waals surface area contributed by atoms with E-state index in [0.717, 1.165) is 66.2 Å². The third-order valence-corrected chi connectivity index (χ3v) is 7.15. The summed E-state index contributed by atoms with van der Waals surface area (Å²) in [6.07, 6.45) is 2.60. The summed E-state index contributed by atoms with van der Waals surface area (Å²) in [5, 5.41) is 1.43. The van der Waals surface area contributed by atoms with Crippen molar-refractivity contribution in [2.24, 2.45) is 5.73 Å². The predicted molar refractivity (Wildman–Crippen MR) is 114 cm³/mol. The fraction of sp³-hybridized carbons (Fsp3) is 0.409. The second-order valence-corrected chi connectivity index (χ2v) is 9.07. The van der Waals surface area contributed by atoms with Crippen molar-refractivity contribution in [1.82, 2.24) is 14.8 Å². The molecule has 1 atom stereocenters. The zero-order valence-corrected chi connectivity index (χ0v) is 17.5. The van der Waals surface area contributed by atoms with Gasteiger partial charge in [0.05, 0.1) is 18.2 Å². The molecule has 1 aliphatic carbocycles. The first-order valence-electron chi connectivity index (χ1n) is 10.4. The molecule has 1 aromatic carbocycles. The van der Waals surface area contributed by atoms with Crippen molar-refractivity contribution in [3.8, 4) is 0 Å². The Morgan fingerprint density at radius 3 is 2.77 bits per heavy atom. The molecule has 30 heavy (non-hydrogen) atoms. The number of fused-ring (bicyclic) bond motifs is 2. The molecular formula is C22H24N4O3S. The molecule has 0 bridgehead atoms. The fourth-order valence-electron chi connectivity index (χ4n) is 4.45. The minimum atomic E-state index is -0.514. The summed E-state index contributed by atoms with van der Waals surface area (Å²) < 4.78 is 5.93. The standard InChI is InChI=1S/C22H24N4O3S/c23-20(27)21-24-19-16(5-3-7-18(19)30-21)22(28)26-10-8-25(9-11-26)13-15-12-14-4-1-2-6-17(14)29-15/h1-2,4,6,12,16H,3,5,7-11,13H2,(H2,23,27). The molecule has 1 aliphatic heterocycles. The van der Waals surface area contributed by atoms with Gasteiger partial charge < -0.3 is 15.1 Å². The van der Waals surface area contributed by atoms with Gasteiger partial charge in [0.15, 0.2) is 5.01 Å². The van der Waals surface area contributed by atoms with Gasteiger partial charge in [0.2, 0.25) is 5.91 Å². The molecule has 5 rings (SSSR count). The number of primary amides is 1. The Hall–Kier alpha value is -2.71. The lowest BCUT2D eigenvalue weighted by Crippen LogP contribution is -2.49. The first-order chi connectivity index (χ1) is 14.6. The molecule has 0 radical (unpaired) electrons. The molecule has 2 amide bonds. The Morgan fingerprint density at radius 1 is 1.20 bits per heavy atom. The van der Waals surface area contributed by atoms with Gasteiger partial charge in [0.1, 0.15) is 11.3 Å². The van der Waals surface area contributed by atoms with Crippen LogP contribution < -0.4 is 5.73 Å². The number of para-hydroxylation sites is 1. The minimum absolute atomic E-state index is 0.126. The van der Waals surface area contributed by atoms with E-state index < -0.39 is 5.91 Å². The van der Waals surface area contributed by atoms with Gasteiger partial charge in [0.25, 0.3) is 5.91 Å². The zero-order valence-electron chi connectivity index (χ0n) is 16.7. The number of nitrogens with zero attached hydrogens (tertiary/aromatic N) is 3. The van der Waals surface area contributed by atoms with Crippen LogP contribution in [0, 0.1) is 0 Å². The van der Waals surface area contributed by atoms with Crippen molar-refractivity contribution in [3.05, 3.63) is 51.7 Å². The Labute approximate surface area is 178 Å². The summed E-state index contributed by atoms with van der Waals surface area (Å²) in [6.45, 7) is 3.76. The Balaban J connectivity index is 1.22. The van der Waals surface area contributed by atoms with Crippen LogP contribution in [-0.4, -0.2) is 52.8 Å². The normalized spacial score (nSPS) is 19.7. The van der Waals surface area contributed by atoms with E-state index in [-0.39, 0.29) is 11.8 Å².